The lowest BCUT2D eigenvalue weighted by Crippen LogP contribution is -2.24. The van der Waals surface area contributed by atoms with Gasteiger partial charge in [0.15, 0.2) is 17.5 Å². The Hall–Kier alpha value is -3.75. The van der Waals surface area contributed by atoms with Gasteiger partial charge in [0.1, 0.15) is 0 Å². The van der Waals surface area contributed by atoms with E-state index in [1.54, 1.807) is 24.4 Å². The van der Waals surface area contributed by atoms with Crippen LogP contribution in [0.15, 0.2) is 55.0 Å². The van der Waals surface area contributed by atoms with Crippen molar-refractivity contribution < 1.29 is 22.8 Å². The van der Waals surface area contributed by atoms with E-state index in [0.717, 1.165) is 12.3 Å². The van der Waals surface area contributed by atoms with Gasteiger partial charge >= 0.3 is 0 Å². The predicted molar refractivity (Wildman–Crippen MR) is 93.9 cm³/mol. The first-order chi connectivity index (χ1) is 13.5. The molecule has 0 aliphatic carbocycles. The van der Waals surface area contributed by atoms with E-state index in [4.69, 9.17) is 0 Å². The first-order valence-electron chi connectivity index (χ1n) is 8.03. The van der Waals surface area contributed by atoms with Gasteiger partial charge in [-0.05, 0) is 30.3 Å². The maximum Gasteiger partial charge on any atom is 0.257 e. The number of amides is 2. The number of pyridine rings is 2. The first-order valence-corrected chi connectivity index (χ1v) is 8.03. The van der Waals surface area contributed by atoms with E-state index in [1.807, 2.05) is 0 Å². The van der Waals surface area contributed by atoms with Crippen molar-refractivity contribution in [2.24, 2.45) is 0 Å². The summed E-state index contributed by atoms with van der Waals surface area (Å²) in [5.74, 6) is -5.92. The Labute approximate surface area is 157 Å². The second-order valence-corrected chi connectivity index (χ2v) is 5.64. The number of halogens is 3. The number of aromatic nitrogens is 2. The Balaban J connectivity index is 1.71. The fourth-order valence-electron chi connectivity index (χ4n) is 2.28. The van der Waals surface area contributed by atoms with E-state index >= 15 is 0 Å². The fraction of sp³-hybridized carbons (Fsp3) is 0.0526. The molecule has 3 rings (SSSR count). The number of hydrogen-bond donors (Lipinski definition) is 2. The molecular weight excluding hydrogens is 373 g/mol. The standard InChI is InChI=1S/C19H13F3N4O2/c20-14-4-5-15(17(22)16(14)21)26-19(28)12-7-11(8-23-9-12)18(27)25-10-13-3-1-2-6-24-13/h1-9H,10H2,(H,25,27)(H,26,28). The minimum atomic E-state index is -1.70. The minimum Gasteiger partial charge on any atom is -0.346 e. The van der Waals surface area contributed by atoms with Crippen LogP contribution >= 0.6 is 0 Å². The number of rotatable bonds is 5. The SMILES string of the molecule is O=C(NCc1ccccn1)c1cncc(C(=O)Nc2ccc(F)c(F)c2F)c1. The molecule has 3 aromatic rings. The maximum atomic E-state index is 13.7. The molecule has 0 saturated carbocycles. The molecule has 2 aromatic heterocycles. The van der Waals surface area contributed by atoms with Gasteiger partial charge in [0.05, 0.1) is 29.1 Å². The van der Waals surface area contributed by atoms with Crippen LogP contribution in [0.5, 0.6) is 0 Å². The normalized spacial score (nSPS) is 10.4. The summed E-state index contributed by atoms with van der Waals surface area (Å²) in [4.78, 5) is 32.4. The van der Waals surface area contributed by atoms with Crippen LogP contribution in [0.1, 0.15) is 26.4 Å². The Morgan fingerprint density at radius 1 is 0.929 bits per heavy atom. The molecule has 0 spiro atoms. The fourth-order valence-corrected chi connectivity index (χ4v) is 2.28. The van der Waals surface area contributed by atoms with Crippen LogP contribution < -0.4 is 10.6 Å². The third-order valence-corrected chi connectivity index (χ3v) is 3.70. The van der Waals surface area contributed by atoms with Gasteiger partial charge in [-0.3, -0.25) is 19.6 Å². The molecule has 1 aromatic carbocycles. The lowest BCUT2D eigenvalue weighted by Gasteiger charge is -2.09. The highest BCUT2D eigenvalue weighted by atomic mass is 19.2. The van der Waals surface area contributed by atoms with Gasteiger partial charge in [-0.2, -0.15) is 0 Å². The summed E-state index contributed by atoms with van der Waals surface area (Å²) in [5.41, 5.74) is 0.143. The lowest BCUT2D eigenvalue weighted by molar-refractivity contribution is 0.0950. The van der Waals surface area contributed by atoms with E-state index in [0.29, 0.717) is 11.8 Å². The quantitative estimate of drug-likeness (QED) is 0.660. The van der Waals surface area contributed by atoms with E-state index in [9.17, 15) is 22.8 Å². The molecule has 6 nitrogen and oxygen atoms in total. The van der Waals surface area contributed by atoms with Crippen molar-refractivity contribution in [2.45, 2.75) is 6.54 Å². The topological polar surface area (TPSA) is 84.0 Å². The Morgan fingerprint density at radius 3 is 2.39 bits per heavy atom. The van der Waals surface area contributed by atoms with Gasteiger partial charge in [-0.15, -0.1) is 0 Å². The maximum absolute atomic E-state index is 13.7. The smallest absolute Gasteiger partial charge is 0.257 e. The van der Waals surface area contributed by atoms with Crippen molar-refractivity contribution in [3.05, 3.63) is 89.3 Å². The van der Waals surface area contributed by atoms with Crippen molar-refractivity contribution >= 4 is 17.5 Å². The number of nitrogens with one attached hydrogen (secondary N) is 2. The first kappa shape index (κ1) is 19.0. The molecule has 0 bridgehead atoms. The number of anilines is 1. The number of carbonyl (C=O) groups excluding carboxylic acids is 2. The van der Waals surface area contributed by atoms with E-state index in [-0.39, 0.29) is 17.7 Å². The molecule has 2 heterocycles. The van der Waals surface area contributed by atoms with E-state index in [1.165, 1.54) is 12.3 Å². The van der Waals surface area contributed by atoms with Crippen molar-refractivity contribution in [3.8, 4) is 0 Å². The Bertz CT molecular complexity index is 1030. The van der Waals surface area contributed by atoms with Crippen LogP contribution in [0, 0.1) is 17.5 Å². The van der Waals surface area contributed by atoms with Gasteiger partial charge in [0, 0.05) is 18.6 Å². The number of nitrogens with zero attached hydrogens (tertiary/aromatic N) is 2. The van der Waals surface area contributed by atoms with Gasteiger partial charge in [0.25, 0.3) is 11.8 Å². The van der Waals surface area contributed by atoms with Crippen LogP contribution in [0.2, 0.25) is 0 Å². The van der Waals surface area contributed by atoms with E-state index in [2.05, 4.69) is 20.6 Å². The molecule has 0 atom stereocenters. The summed E-state index contributed by atoms with van der Waals surface area (Å²) >= 11 is 0. The molecule has 9 heteroatoms. The largest absolute Gasteiger partial charge is 0.346 e. The zero-order chi connectivity index (χ0) is 20.1. The summed E-state index contributed by atoms with van der Waals surface area (Å²) < 4.78 is 39.9. The van der Waals surface area contributed by atoms with Crippen LogP contribution in [0.4, 0.5) is 18.9 Å². The molecule has 0 saturated heterocycles. The monoisotopic (exact) mass is 386 g/mol. The lowest BCUT2D eigenvalue weighted by atomic mass is 10.1. The molecule has 28 heavy (non-hydrogen) atoms. The van der Waals surface area contributed by atoms with E-state index < -0.39 is 35.0 Å². The molecule has 2 amide bonds. The number of carbonyl (C=O) groups is 2. The highest BCUT2D eigenvalue weighted by Crippen LogP contribution is 2.20. The predicted octanol–water partition coefficient (Wildman–Crippen LogP) is 3.08. The van der Waals surface area contributed by atoms with Crippen LogP contribution in [-0.4, -0.2) is 21.8 Å². The highest BCUT2D eigenvalue weighted by molar-refractivity contribution is 6.05. The number of hydrogen-bond acceptors (Lipinski definition) is 4. The Morgan fingerprint density at radius 2 is 1.68 bits per heavy atom. The van der Waals surface area contributed by atoms with Crippen molar-refractivity contribution in [1.82, 2.24) is 15.3 Å². The van der Waals surface area contributed by atoms with Crippen LogP contribution in [0.3, 0.4) is 0 Å². The zero-order valence-electron chi connectivity index (χ0n) is 14.2. The molecule has 0 unspecified atom stereocenters. The summed E-state index contributed by atoms with van der Waals surface area (Å²) in [6.45, 7) is 0.177. The molecule has 0 fully saturated rings. The molecule has 0 radical (unpaired) electrons. The second-order valence-electron chi connectivity index (χ2n) is 5.64. The Kier molecular flexibility index (Phi) is 5.64. The van der Waals surface area contributed by atoms with Gasteiger partial charge in [0.2, 0.25) is 0 Å². The van der Waals surface area contributed by atoms with Crippen molar-refractivity contribution in [1.29, 1.82) is 0 Å². The zero-order valence-corrected chi connectivity index (χ0v) is 14.2. The molecule has 0 aliphatic heterocycles. The number of benzene rings is 1. The second kappa shape index (κ2) is 8.30. The van der Waals surface area contributed by atoms with Crippen molar-refractivity contribution in [3.63, 3.8) is 0 Å². The molecular formula is C19H13F3N4O2. The molecule has 2 N–H and O–H groups in total. The minimum absolute atomic E-state index is 0.0605. The highest BCUT2D eigenvalue weighted by Gasteiger charge is 2.17. The third kappa shape index (κ3) is 4.32. The third-order valence-electron chi connectivity index (χ3n) is 3.70. The summed E-state index contributed by atoms with van der Waals surface area (Å²) in [5, 5.41) is 4.75. The average molecular weight is 386 g/mol. The van der Waals surface area contributed by atoms with Crippen LogP contribution in [0.25, 0.3) is 0 Å². The molecule has 142 valence electrons. The van der Waals surface area contributed by atoms with Gasteiger partial charge < -0.3 is 10.6 Å². The average Bonchev–Trinajstić information content (AvgIpc) is 2.73. The summed E-state index contributed by atoms with van der Waals surface area (Å²) in [6, 6.07) is 8.08. The van der Waals surface area contributed by atoms with Gasteiger partial charge in [-0.1, -0.05) is 6.07 Å². The summed E-state index contributed by atoms with van der Waals surface area (Å²) in [7, 11) is 0. The van der Waals surface area contributed by atoms with Crippen LogP contribution in [-0.2, 0) is 6.54 Å². The van der Waals surface area contributed by atoms with Gasteiger partial charge in [-0.25, -0.2) is 13.2 Å². The summed E-state index contributed by atoms with van der Waals surface area (Å²) in [6.07, 6.45) is 4.00. The molecule has 0 aliphatic rings. The van der Waals surface area contributed by atoms with Crippen molar-refractivity contribution in [2.75, 3.05) is 5.32 Å².